The monoisotopic (exact) mass is 154 g/mol. The van der Waals surface area contributed by atoms with E-state index in [1.165, 1.54) is 6.20 Å². The number of H-pyrrole nitrogens is 1. The standard InChI is InChI=1S/C5H6N4O2/c6-9-5(11)3-1-8-4(10)2-7-3/h1-2H,6H2,(H,8,10)(H,9,11). The van der Waals surface area contributed by atoms with Gasteiger partial charge in [0.25, 0.3) is 11.5 Å². The molecule has 0 aliphatic carbocycles. The lowest BCUT2D eigenvalue weighted by Crippen LogP contribution is -2.31. The number of hydrogen-bond donors (Lipinski definition) is 3. The first-order chi connectivity index (χ1) is 5.24. The Balaban J connectivity index is 2.99. The number of amides is 1. The van der Waals surface area contributed by atoms with E-state index in [-0.39, 0.29) is 11.3 Å². The molecule has 1 aromatic heterocycles. The van der Waals surface area contributed by atoms with E-state index in [0.29, 0.717) is 0 Å². The fourth-order valence-corrected chi connectivity index (χ4v) is 0.540. The number of nitrogens with zero attached hydrogens (tertiary/aromatic N) is 1. The number of nitrogens with one attached hydrogen (secondary N) is 2. The van der Waals surface area contributed by atoms with Crippen LogP contribution in [0.5, 0.6) is 0 Å². The van der Waals surface area contributed by atoms with Crippen LogP contribution in [-0.2, 0) is 0 Å². The van der Waals surface area contributed by atoms with Crippen LogP contribution in [0.25, 0.3) is 0 Å². The van der Waals surface area contributed by atoms with Gasteiger partial charge < -0.3 is 4.98 Å². The summed E-state index contributed by atoms with van der Waals surface area (Å²) >= 11 is 0. The van der Waals surface area contributed by atoms with Gasteiger partial charge in [0.1, 0.15) is 5.69 Å². The smallest absolute Gasteiger partial charge is 0.285 e. The van der Waals surface area contributed by atoms with Crippen LogP contribution < -0.4 is 16.8 Å². The van der Waals surface area contributed by atoms with Gasteiger partial charge in [0, 0.05) is 6.20 Å². The highest BCUT2D eigenvalue weighted by Crippen LogP contribution is 1.84. The third-order valence-electron chi connectivity index (χ3n) is 1.04. The van der Waals surface area contributed by atoms with Crippen LogP contribution in [0.2, 0.25) is 0 Å². The van der Waals surface area contributed by atoms with Crippen molar-refractivity contribution in [1.29, 1.82) is 0 Å². The highest BCUT2D eigenvalue weighted by molar-refractivity contribution is 5.91. The Hall–Kier alpha value is -1.69. The van der Waals surface area contributed by atoms with Gasteiger partial charge in [-0.3, -0.25) is 15.0 Å². The fourth-order valence-electron chi connectivity index (χ4n) is 0.540. The molecule has 0 bridgehead atoms. The van der Waals surface area contributed by atoms with Crippen LogP contribution in [0.15, 0.2) is 17.2 Å². The molecule has 0 fully saturated rings. The Morgan fingerprint density at radius 1 is 1.73 bits per heavy atom. The summed E-state index contributed by atoms with van der Waals surface area (Å²) in [4.78, 5) is 26.9. The molecule has 1 heterocycles. The molecule has 0 unspecified atom stereocenters. The maximum absolute atomic E-state index is 10.7. The summed E-state index contributed by atoms with van der Waals surface area (Å²) in [6.07, 6.45) is 2.19. The van der Waals surface area contributed by atoms with Gasteiger partial charge in [0.05, 0.1) is 6.20 Å². The number of carbonyl (C=O) groups is 1. The van der Waals surface area contributed by atoms with Gasteiger partial charge in [-0.1, -0.05) is 0 Å². The van der Waals surface area contributed by atoms with Crippen LogP contribution >= 0.6 is 0 Å². The van der Waals surface area contributed by atoms with Crippen molar-refractivity contribution >= 4 is 5.91 Å². The highest BCUT2D eigenvalue weighted by Gasteiger charge is 2.02. The zero-order chi connectivity index (χ0) is 8.27. The average Bonchev–Trinajstić information content (AvgIpc) is 2.05. The third kappa shape index (κ3) is 1.62. The van der Waals surface area contributed by atoms with Gasteiger partial charge in [-0.2, -0.15) is 0 Å². The zero-order valence-electron chi connectivity index (χ0n) is 5.50. The molecule has 6 nitrogen and oxygen atoms in total. The van der Waals surface area contributed by atoms with Crippen LogP contribution in [0.1, 0.15) is 10.5 Å². The normalized spacial score (nSPS) is 9.18. The molecule has 0 spiro atoms. The van der Waals surface area contributed by atoms with Crippen molar-refractivity contribution in [2.45, 2.75) is 0 Å². The highest BCUT2D eigenvalue weighted by atomic mass is 16.2. The maximum atomic E-state index is 10.7. The molecule has 0 saturated heterocycles. The van der Waals surface area contributed by atoms with Gasteiger partial charge in [-0.15, -0.1) is 0 Å². The summed E-state index contributed by atoms with van der Waals surface area (Å²) < 4.78 is 0. The summed E-state index contributed by atoms with van der Waals surface area (Å²) in [7, 11) is 0. The van der Waals surface area contributed by atoms with E-state index < -0.39 is 5.91 Å². The number of nitrogen functional groups attached to an aromatic ring is 1. The predicted octanol–water partition coefficient (Wildman–Crippen LogP) is -1.63. The van der Waals surface area contributed by atoms with E-state index in [9.17, 15) is 9.59 Å². The Labute approximate surface area is 61.4 Å². The lowest BCUT2D eigenvalue weighted by atomic mass is 10.4. The number of hydrazine groups is 1. The third-order valence-corrected chi connectivity index (χ3v) is 1.04. The van der Waals surface area contributed by atoms with Crippen LogP contribution in [0, 0.1) is 0 Å². The molecule has 0 atom stereocenters. The van der Waals surface area contributed by atoms with Crippen LogP contribution in [-0.4, -0.2) is 15.9 Å². The van der Waals surface area contributed by atoms with Crippen molar-refractivity contribution in [3.63, 3.8) is 0 Å². The van der Waals surface area contributed by atoms with Crippen molar-refractivity contribution in [3.05, 3.63) is 28.4 Å². The zero-order valence-corrected chi connectivity index (χ0v) is 5.50. The second-order valence-electron chi connectivity index (χ2n) is 1.77. The Morgan fingerprint density at radius 3 is 2.91 bits per heavy atom. The first-order valence-corrected chi connectivity index (χ1v) is 2.79. The van der Waals surface area contributed by atoms with Gasteiger partial charge in [-0.25, -0.2) is 10.8 Å². The van der Waals surface area contributed by atoms with E-state index in [1.54, 1.807) is 0 Å². The predicted molar refractivity (Wildman–Crippen MR) is 36.5 cm³/mol. The largest absolute Gasteiger partial charge is 0.325 e. The molecule has 58 valence electrons. The van der Waals surface area contributed by atoms with E-state index in [0.717, 1.165) is 6.20 Å². The molecular formula is C5H6N4O2. The summed E-state index contributed by atoms with van der Waals surface area (Å²) in [6.45, 7) is 0. The molecule has 0 radical (unpaired) electrons. The topological polar surface area (TPSA) is 101 Å². The molecule has 1 rings (SSSR count). The molecule has 0 aromatic carbocycles. The molecule has 1 aromatic rings. The van der Waals surface area contributed by atoms with Crippen molar-refractivity contribution in [3.8, 4) is 0 Å². The number of aromatic amines is 1. The molecule has 11 heavy (non-hydrogen) atoms. The molecule has 0 aliphatic heterocycles. The minimum atomic E-state index is -0.541. The van der Waals surface area contributed by atoms with Crippen molar-refractivity contribution in [1.82, 2.24) is 15.4 Å². The summed E-state index contributed by atoms with van der Waals surface area (Å²) in [5.41, 5.74) is 1.59. The molecule has 0 saturated carbocycles. The number of nitrogens with two attached hydrogens (primary N) is 1. The average molecular weight is 154 g/mol. The molecular weight excluding hydrogens is 148 g/mol. The lowest BCUT2D eigenvalue weighted by Gasteiger charge is -1.94. The Bertz CT molecular complexity index is 298. The fraction of sp³-hybridized carbons (Fsp3) is 0. The Kier molecular flexibility index (Phi) is 1.98. The maximum Gasteiger partial charge on any atom is 0.285 e. The second-order valence-corrected chi connectivity index (χ2v) is 1.77. The van der Waals surface area contributed by atoms with Crippen molar-refractivity contribution in [2.24, 2.45) is 5.84 Å². The second kappa shape index (κ2) is 2.93. The van der Waals surface area contributed by atoms with Crippen molar-refractivity contribution < 1.29 is 4.79 Å². The van der Waals surface area contributed by atoms with Gasteiger partial charge in [-0.05, 0) is 0 Å². The van der Waals surface area contributed by atoms with E-state index in [1.807, 2.05) is 5.43 Å². The van der Waals surface area contributed by atoms with E-state index >= 15 is 0 Å². The molecule has 0 aliphatic rings. The van der Waals surface area contributed by atoms with Crippen LogP contribution in [0.4, 0.5) is 0 Å². The first kappa shape index (κ1) is 7.42. The number of carbonyl (C=O) groups excluding carboxylic acids is 1. The minimum Gasteiger partial charge on any atom is -0.325 e. The first-order valence-electron chi connectivity index (χ1n) is 2.79. The summed E-state index contributed by atoms with van der Waals surface area (Å²) in [5, 5.41) is 0. The molecule has 4 N–H and O–H groups in total. The molecule has 6 heteroatoms. The molecule has 1 amide bonds. The summed E-state index contributed by atoms with van der Waals surface area (Å²) in [5.74, 6) is 4.27. The number of hydrogen-bond acceptors (Lipinski definition) is 4. The van der Waals surface area contributed by atoms with Gasteiger partial charge in [0.2, 0.25) is 0 Å². The number of aromatic nitrogens is 2. The van der Waals surface area contributed by atoms with Gasteiger partial charge in [0.15, 0.2) is 0 Å². The quantitative estimate of drug-likeness (QED) is 0.257. The van der Waals surface area contributed by atoms with E-state index in [2.05, 4.69) is 9.97 Å². The van der Waals surface area contributed by atoms with Gasteiger partial charge >= 0.3 is 0 Å². The SMILES string of the molecule is NNC(=O)c1c[nH]c(=O)cn1. The Morgan fingerprint density at radius 2 is 2.45 bits per heavy atom. The van der Waals surface area contributed by atoms with Crippen LogP contribution in [0.3, 0.4) is 0 Å². The minimum absolute atomic E-state index is 0.0760. The van der Waals surface area contributed by atoms with Crippen molar-refractivity contribution in [2.75, 3.05) is 0 Å². The number of rotatable bonds is 1. The van der Waals surface area contributed by atoms with E-state index in [4.69, 9.17) is 5.84 Å². The lowest BCUT2D eigenvalue weighted by molar-refractivity contribution is 0.0948. The summed E-state index contributed by atoms with van der Waals surface area (Å²) in [6, 6.07) is 0.